The Morgan fingerprint density at radius 1 is 0.878 bits per heavy atom. The summed E-state index contributed by atoms with van der Waals surface area (Å²) in [6.45, 7) is 5.96. The van der Waals surface area contributed by atoms with E-state index < -0.39 is 21.9 Å². The zero-order valence-corrected chi connectivity index (χ0v) is 25.0. The molecule has 0 aliphatic heterocycles. The molecule has 0 heterocycles. The third-order valence-electron chi connectivity index (χ3n) is 6.75. The maximum absolute atomic E-state index is 13.8. The highest BCUT2D eigenvalue weighted by Crippen LogP contribution is 2.21. The van der Waals surface area contributed by atoms with Crippen LogP contribution in [0.5, 0.6) is 0 Å². The molecule has 1 N–H and O–H groups in total. The van der Waals surface area contributed by atoms with E-state index in [0.29, 0.717) is 17.7 Å². The number of hydrogen-bond donors (Lipinski definition) is 1. The van der Waals surface area contributed by atoms with Gasteiger partial charge in [-0.1, -0.05) is 61.5 Å². The molecule has 3 aromatic rings. The summed E-state index contributed by atoms with van der Waals surface area (Å²) in [5.74, 6) is -0.963. The number of nitrogens with zero attached hydrogens (tertiary/aromatic N) is 2. The molecule has 0 aliphatic rings. The van der Waals surface area contributed by atoms with Crippen LogP contribution >= 0.6 is 0 Å². The summed E-state index contributed by atoms with van der Waals surface area (Å²) in [5, 5.41) is 2.94. The monoisotopic (exact) mass is 581 g/mol. The minimum atomic E-state index is -3.58. The second-order valence-corrected chi connectivity index (χ2v) is 12.4. The molecule has 3 aromatic carbocycles. The quantitative estimate of drug-likeness (QED) is 0.287. The molecule has 0 spiro atoms. The molecular weight excluding hydrogens is 541 g/mol. The Kier molecular flexibility index (Phi) is 11.5. The predicted molar refractivity (Wildman–Crippen MR) is 161 cm³/mol. The molecule has 0 aliphatic carbocycles. The molecule has 7 nitrogen and oxygen atoms in total. The van der Waals surface area contributed by atoms with Crippen LogP contribution in [-0.4, -0.2) is 50.0 Å². The molecule has 0 unspecified atom stereocenters. The third-order valence-corrected chi connectivity index (χ3v) is 7.95. The summed E-state index contributed by atoms with van der Waals surface area (Å²) >= 11 is 0. The first-order valence-electron chi connectivity index (χ1n) is 13.9. The van der Waals surface area contributed by atoms with Gasteiger partial charge in [-0.3, -0.25) is 13.9 Å². The fourth-order valence-electron chi connectivity index (χ4n) is 4.62. The van der Waals surface area contributed by atoms with Crippen LogP contribution in [0.1, 0.15) is 50.3 Å². The Morgan fingerprint density at radius 2 is 1.49 bits per heavy atom. The second-order valence-electron chi connectivity index (χ2n) is 10.5. The average molecular weight is 582 g/mol. The highest BCUT2D eigenvalue weighted by atomic mass is 32.2. The smallest absolute Gasteiger partial charge is 0.243 e. The van der Waals surface area contributed by atoms with Crippen molar-refractivity contribution in [2.24, 2.45) is 0 Å². The van der Waals surface area contributed by atoms with E-state index in [1.807, 2.05) is 63.2 Å². The molecule has 1 atom stereocenters. The molecule has 2 amide bonds. The van der Waals surface area contributed by atoms with Crippen molar-refractivity contribution in [2.75, 3.05) is 17.1 Å². The van der Waals surface area contributed by atoms with Crippen molar-refractivity contribution in [1.29, 1.82) is 0 Å². The maximum Gasteiger partial charge on any atom is 0.243 e. The molecule has 41 heavy (non-hydrogen) atoms. The number of nitrogens with one attached hydrogen (secondary N) is 1. The van der Waals surface area contributed by atoms with E-state index >= 15 is 0 Å². The number of aryl methyl sites for hydroxylation is 1. The number of amides is 2. The summed E-state index contributed by atoms with van der Waals surface area (Å²) in [5.41, 5.74) is 3.22. The molecular formula is C32H40FN3O4S. The first-order chi connectivity index (χ1) is 19.5. The van der Waals surface area contributed by atoms with E-state index in [1.165, 1.54) is 21.3 Å². The van der Waals surface area contributed by atoms with Gasteiger partial charge in [-0.05, 0) is 67.6 Å². The van der Waals surface area contributed by atoms with Crippen LogP contribution in [0.15, 0.2) is 78.9 Å². The van der Waals surface area contributed by atoms with Gasteiger partial charge in [0.1, 0.15) is 11.9 Å². The fraction of sp³-hybridized carbons (Fsp3) is 0.375. The number of anilines is 1. The van der Waals surface area contributed by atoms with Crippen molar-refractivity contribution >= 4 is 27.5 Å². The SMILES string of the molecule is CCc1ccc(N(CCCC(=O)N(Cc2ccc(F)cc2)[C@@H](Cc2ccccc2)C(=O)NC(C)C)S(C)(=O)=O)cc1. The van der Waals surface area contributed by atoms with Crippen LogP contribution < -0.4 is 9.62 Å². The molecule has 0 saturated heterocycles. The van der Waals surface area contributed by atoms with E-state index in [9.17, 15) is 22.4 Å². The molecule has 0 aromatic heterocycles. The minimum absolute atomic E-state index is 0.0283. The van der Waals surface area contributed by atoms with Crippen molar-refractivity contribution in [2.45, 2.75) is 65.1 Å². The van der Waals surface area contributed by atoms with E-state index in [-0.39, 0.29) is 43.8 Å². The lowest BCUT2D eigenvalue weighted by Crippen LogP contribution is -2.51. The van der Waals surface area contributed by atoms with E-state index in [4.69, 9.17) is 0 Å². The van der Waals surface area contributed by atoms with Gasteiger partial charge >= 0.3 is 0 Å². The van der Waals surface area contributed by atoms with Crippen molar-refractivity contribution in [3.8, 4) is 0 Å². The Labute approximate surface area is 243 Å². The maximum atomic E-state index is 13.8. The minimum Gasteiger partial charge on any atom is -0.352 e. The summed E-state index contributed by atoms with van der Waals surface area (Å²) in [4.78, 5) is 28.8. The number of halogens is 1. The van der Waals surface area contributed by atoms with Crippen molar-refractivity contribution in [3.63, 3.8) is 0 Å². The molecule has 220 valence electrons. The first kappa shape index (κ1) is 31.8. The molecule has 0 saturated carbocycles. The lowest BCUT2D eigenvalue weighted by Gasteiger charge is -2.32. The Morgan fingerprint density at radius 3 is 2.05 bits per heavy atom. The topological polar surface area (TPSA) is 86.8 Å². The van der Waals surface area contributed by atoms with Crippen molar-refractivity contribution in [3.05, 3.63) is 101 Å². The lowest BCUT2D eigenvalue weighted by molar-refractivity contribution is -0.141. The molecule has 3 rings (SSSR count). The van der Waals surface area contributed by atoms with Crippen LogP contribution in [0, 0.1) is 5.82 Å². The highest BCUT2D eigenvalue weighted by molar-refractivity contribution is 7.92. The van der Waals surface area contributed by atoms with E-state index in [1.54, 1.807) is 24.3 Å². The van der Waals surface area contributed by atoms with Gasteiger partial charge in [0.15, 0.2) is 0 Å². The third kappa shape index (κ3) is 9.70. The zero-order chi connectivity index (χ0) is 30.0. The standard InChI is InChI=1S/C32H40FN3O4S/c1-5-25-15-19-29(20-16-25)36(41(4,39)40)21-9-12-31(37)35(23-27-13-17-28(33)18-14-27)30(32(38)34-24(2)3)22-26-10-7-6-8-11-26/h6-8,10-11,13-20,24,30H,5,9,12,21-23H2,1-4H3,(H,34,38)/t30-/m0/s1. The molecule has 0 bridgehead atoms. The highest BCUT2D eigenvalue weighted by Gasteiger charge is 2.31. The molecule has 0 radical (unpaired) electrons. The lowest BCUT2D eigenvalue weighted by atomic mass is 10.0. The predicted octanol–water partition coefficient (Wildman–Crippen LogP) is 5.10. The number of sulfonamides is 1. The van der Waals surface area contributed by atoms with Crippen LogP contribution in [-0.2, 0) is 39.0 Å². The molecule has 0 fully saturated rings. The van der Waals surface area contributed by atoms with Gasteiger partial charge in [0.25, 0.3) is 0 Å². The second kappa shape index (κ2) is 14.8. The average Bonchev–Trinajstić information content (AvgIpc) is 2.93. The van der Waals surface area contributed by atoms with Gasteiger partial charge in [-0.2, -0.15) is 0 Å². The van der Waals surface area contributed by atoms with Crippen LogP contribution in [0.4, 0.5) is 10.1 Å². The summed E-state index contributed by atoms with van der Waals surface area (Å²) in [7, 11) is -3.58. The number of benzene rings is 3. The first-order valence-corrected chi connectivity index (χ1v) is 15.8. The van der Waals surface area contributed by atoms with Crippen LogP contribution in [0.25, 0.3) is 0 Å². The Hall–Kier alpha value is -3.72. The van der Waals surface area contributed by atoms with E-state index in [2.05, 4.69) is 5.32 Å². The number of hydrogen-bond acceptors (Lipinski definition) is 4. The van der Waals surface area contributed by atoms with Gasteiger partial charge in [0, 0.05) is 32.0 Å². The molecule has 9 heteroatoms. The summed E-state index contributed by atoms with van der Waals surface area (Å²) in [6.07, 6.45) is 2.57. The number of carbonyl (C=O) groups excluding carboxylic acids is 2. The van der Waals surface area contributed by atoms with Gasteiger partial charge in [-0.15, -0.1) is 0 Å². The van der Waals surface area contributed by atoms with Crippen molar-refractivity contribution < 1.29 is 22.4 Å². The number of carbonyl (C=O) groups is 2. The Bertz CT molecular complexity index is 1380. The Balaban J connectivity index is 1.86. The fourth-order valence-corrected chi connectivity index (χ4v) is 5.59. The van der Waals surface area contributed by atoms with Crippen LogP contribution in [0.2, 0.25) is 0 Å². The summed E-state index contributed by atoms with van der Waals surface area (Å²) in [6, 6.07) is 21.7. The van der Waals surface area contributed by atoms with Gasteiger partial charge < -0.3 is 10.2 Å². The number of rotatable bonds is 14. The van der Waals surface area contributed by atoms with Gasteiger partial charge in [-0.25, -0.2) is 12.8 Å². The largest absolute Gasteiger partial charge is 0.352 e. The van der Waals surface area contributed by atoms with Crippen molar-refractivity contribution in [1.82, 2.24) is 10.2 Å². The zero-order valence-electron chi connectivity index (χ0n) is 24.2. The normalized spacial score (nSPS) is 12.1. The van der Waals surface area contributed by atoms with E-state index in [0.717, 1.165) is 23.8 Å². The van der Waals surface area contributed by atoms with Crippen LogP contribution in [0.3, 0.4) is 0 Å². The summed E-state index contributed by atoms with van der Waals surface area (Å²) < 4.78 is 40.2. The van der Waals surface area contributed by atoms with Gasteiger partial charge in [0.05, 0.1) is 11.9 Å². The van der Waals surface area contributed by atoms with Gasteiger partial charge in [0.2, 0.25) is 21.8 Å².